The Balaban J connectivity index is 1.68. The van der Waals surface area contributed by atoms with Crippen LogP contribution in [0.25, 0.3) is 16.6 Å². The largest absolute Gasteiger partial charge is 0.338 e. The molecule has 1 amide bonds. The molecule has 1 atom stereocenters. The van der Waals surface area contributed by atoms with Crippen molar-refractivity contribution in [2.75, 3.05) is 6.54 Å². The predicted molar refractivity (Wildman–Crippen MR) is 130 cm³/mol. The van der Waals surface area contributed by atoms with Crippen LogP contribution in [0.5, 0.6) is 0 Å². The zero-order valence-corrected chi connectivity index (χ0v) is 19.0. The van der Waals surface area contributed by atoms with Crippen LogP contribution >= 0.6 is 11.8 Å². The monoisotopic (exact) mass is 443 g/mol. The minimum absolute atomic E-state index is 0.0170. The number of hydrogen-bond acceptors (Lipinski definition) is 4. The van der Waals surface area contributed by atoms with E-state index in [-0.39, 0.29) is 11.5 Å². The molecule has 0 aliphatic carbocycles. The van der Waals surface area contributed by atoms with Crippen LogP contribution in [-0.2, 0) is 11.3 Å². The first-order valence-electron chi connectivity index (χ1n) is 10.6. The lowest BCUT2D eigenvalue weighted by Gasteiger charge is -2.25. The molecular weight excluding hydrogens is 418 g/mol. The van der Waals surface area contributed by atoms with Gasteiger partial charge in [0.25, 0.3) is 5.56 Å². The molecule has 0 N–H and O–H groups in total. The molecule has 1 heterocycles. The lowest BCUT2D eigenvalue weighted by molar-refractivity contribution is -0.130. The van der Waals surface area contributed by atoms with Gasteiger partial charge < -0.3 is 4.90 Å². The molecule has 1 aromatic heterocycles. The number of nitrogens with zero attached hydrogens (tertiary/aromatic N) is 3. The van der Waals surface area contributed by atoms with Crippen LogP contribution in [0, 0.1) is 0 Å². The van der Waals surface area contributed by atoms with Gasteiger partial charge in [-0.2, -0.15) is 0 Å². The highest BCUT2D eigenvalue weighted by atomic mass is 32.2. The van der Waals surface area contributed by atoms with Crippen molar-refractivity contribution in [3.63, 3.8) is 0 Å². The fourth-order valence-corrected chi connectivity index (χ4v) is 4.62. The Morgan fingerprint density at radius 3 is 2.28 bits per heavy atom. The van der Waals surface area contributed by atoms with Crippen LogP contribution in [0.4, 0.5) is 0 Å². The van der Waals surface area contributed by atoms with Crippen LogP contribution in [0.2, 0.25) is 0 Å². The fraction of sp³-hybridized carbons (Fsp3) is 0.192. The summed E-state index contributed by atoms with van der Waals surface area (Å²) in [6.07, 6.45) is 0. The lowest BCUT2D eigenvalue weighted by Crippen LogP contribution is -2.36. The minimum atomic E-state index is -0.401. The molecule has 32 heavy (non-hydrogen) atoms. The number of rotatable bonds is 7. The summed E-state index contributed by atoms with van der Waals surface area (Å²) in [5.74, 6) is 0.0170. The van der Waals surface area contributed by atoms with Crippen LogP contribution in [0.15, 0.2) is 94.9 Å². The van der Waals surface area contributed by atoms with Crippen molar-refractivity contribution < 1.29 is 4.79 Å². The highest BCUT2D eigenvalue weighted by Gasteiger charge is 2.24. The van der Waals surface area contributed by atoms with E-state index in [1.165, 1.54) is 11.8 Å². The third-order valence-corrected chi connectivity index (χ3v) is 6.34. The van der Waals surface area contributed by atoms with Crippen molar-refractivity contribution in [3.8, 4) is 5.69 Å². The molecule has 0 saturated heterocycles. The molecule has 0 saturated carbocycles. The maximum absolute atomic E-state index is 13.3. The normalized spacial score (nSPS) is 11.9. The number of carbonyl (C=O) groups excluding carboxylic acids is 1. The van der Waals surface area contributed by atoms with E-state index in [1.54, 1.807) is 10.6 Å². The Labute approximate surface area is 191 Å². The average Bonchev–Trinajstić information content (AvgIpc) is 2.83. The van der Waals surface area contributed by atoms with Gasteiger partial charge in [-0.25, -0.2) is 4.98 Å². The zero-order valence-electron chi connectivity index (χ0n) is 18.1. The third-order valence-electron chi connectivity index (χ3n) is 5.30. The van der Waals surface area contributed by atoms with Crippen molar-refractivity contribution in [3.05, 3.63) is 101 Å². The van der Waals surface area contributed by atoms with Crippen LogP contribution < -0.4 is 5.56 Å². The number of aromatic nitrogens is 2. The van der Waals surface area contributed by atoms with E-state index in [0.29, 0.717) is 29.1 Å². The molecule has 3 aromatic carbocycles. The Morgan fingerprint density at radius 2 is 1.59 bits per heavy atom. The lowest BCUT2D eigenvalue weighted by atomic mass is 10.2. The highest BCUT2D eigenvalue weighted by Crippen LogP contribution is 2.26. The van der Waals surface area contributed by atoms with Gasteiger partial charge >= 0.3 is 0 Å². The van der Waals surface area contributed by atoms with Crippen molar-refractivity contribution >= 4 is 28.6 Å². The summed E-state index contributed by atoms with van der Waals surface area (Å²) in [7, 11) is 0. The topological polar surface area (TPSA) is 55.2 Å². The van der Waals surface area contributed by atoms with Crippen molar-refractivity contribution in [2.24, 2.45) is 0 Å². The highest BCUT2D eigenvalue weighted by molar-refractivity contribution is 8.00. The van der Waals surface area contributed by atoms with Crippen LogP contribution in [0.1, 0.15) is 19.4 Å². The first kappa shape index (κ1) is 21.8. The molecule has 0 radical (unpaired) electrons. The second-order valence-electron chi connectivity index (χ2n) is 7.49. The first-order valence-corrected chi connectivity index (χ1v) is 11.5. The number of carbonyl (C=O) groups is 1. The first-order chi connectivity index (χ1) is 15.6. The van der Waals surface area contributed by atoms with Crippen molar-refractivity contribution in [1.29, 1.82) is 0 Å². The van der Waals surface area contributed by atoms with Gasteiger partial charge in [0.05, 0.1) is 21.8 Å². The average molecular weight is 444 g/mol. The fourth-order valence-electron chi connectivity index (χ4n) is 3.61. The molecule has 0 bridgehead atoms. The smallest absolute Gasteiger partial charge is 0.266 e. The van der Waals surface area contributed by atoms with Gasteiger partial charge in [-0.05, 0) is 43.7 Å². The molecule has 162 valence electrons. The Hall–Kier alpha value is -3.38. The van der Waals surface area contributed by atoms with Gasteiger partial charge in [-0.15, -0.1) is 0 Å². The molecule has 5 nitrogen and oxygen atoms in total. The molecule has 1 unspecified atom stereocenters. The van der Waals surface area contributed by atoms with Gasteiger partial charge in [0.2, 0.25) is 5.91 Å². The van der Waals surface area contributed by atoms with E-state index >= 15 is 0 Å². The zero-order chi connectivity index (χ0) is 22.5. The molecule has 6 heteroatoms. The number of amides is 1. The second-order valence-corrected chi connectivity index (χ2v) is 8.79. The Bertz CT molecular complexity index is 1270. The Morgan fingerprint density at radius 1 is 0.969 bits per heavy atom. The molecule has 0 aliphatic heterocycles. The van der Waals surface area contributed by atoms with E-state index in [4.69, 9.17) is 4.98 Å². The molecule has 0 spiro atoms. The van der Waals surface area contributed by atoms with E-state index in [1.807, 2.05) is 97.6 Å². The Kier molecular flexibility index (Phi) is 6.71. The summed E-state index contributed by atoms with van der Waals surface area (Å²) < 4.78 is 1.60. The molecular formula is C26H25N3O2S. The van der Waals surface area contributed by atoms with Crippen molar-refractivity contribution in [1.82, 2.24) is 14.5 Å². The summed E-state index contributed by atoms with van der Waals surface area (Å²) in [6, 6.07) is 26.7. The predicted octanol–water partition coefficient (Wildman–Crippen LogP) is 4.92. The minimum Gasteiger partial charge on any atom is -0.338 e. The summed E-state index contributed by atoms with van der Waals surface area (Å²) in [5.41, 5.74) is 2.31. The summed E-state index contributed by atoms with van der Waals surface area (Å²) >= 11 is 1.32. The molecule has 4 rings (SSSR count). The summed E-state index contributed by atoms with van der Waals surface area (Å²) in [5, 5.41) is 0.664. The standard InChI is InChI=1S/C26H25N3O2S/c1-3-28(18-20-12-6-4-7-13-20)24(30)19(2)32-26-27-23-17-11-10-16-22(23)25(31)29(26)21-14-8-5-9-15-21/h4-17,19H,3,18H2,1-2H3. The van der Waals surface area contributed by atoms with E-state index in [9.17, 15) is 9.59 Å². The molecule has 4 aromatic rings. The SMILES string of the molecule is CCN(Cc1ccccc1)C(=O)C(C)Sc1nc2ccccc2c(=O)n1-c1ccccc1. The van der Waals surface area contributed by atoms with Gasteiger partial charge in [0.1, 0.15) is 0 Å². The quantitative estimate of drug-likeness (QED) is 0.301. The van der Waals surface area contributed by atoms with E-state index in [2.05, 4.69) is 0 Å². The number of hydrogen-bond donors (Lipinski definition) is 0. The van der Waals surface area contributed by atoms with Crippen molar-refractivity contribution in [2.45, 2.75) is 30.8 Å². The van der Waals surface area contributed by atoms with E-state index < -0.39 is 5.25 Å². The molecule has 0 fully saturated rings. The summed E-state index contributed by atoms with van der Waals surface area (Å²) in [4.78, 5) is 33.2. The summed E-state index contributed by atoms with van der Waals surface area (Å²) in [6.45, 7) is 5.01. The number of thioether (sulfide) groups is 1. The number of benzene rings is 3. The number of fused-ring (bicyclic) bond motifs is 1. The van der Waals surface area contributed by atoms with Gasteiger partial charge in [-0.3, -0.25) is 14.2 Å². The van der Waals surface area contributed by atoms with E-state index in [0.717, 1.165) is 11.3 Å². The number of para-hydroxylation sites is 2. The van der Waals surface area contributed by atoms with Gasteiger partial charge in [-0.1, -0.05) is 72.4 Å². The van der Waals surface area contributed by atoms with Crippen LogP contribution in [-0.4, -0.2) is 32.2 Å². The van der Waals surface area contributed by atoms with Gasteiger partial charge in [0.15, 0.2) is 5.16 Å². The maximum Gasteiger partial charge on any atom is 0.266 e. The second kappa shape index (κ2) is 9.83. The molecule has 0 aliphatic rings. The van der Waals surface area contributed by atoms with Crippen LogP contribution in [0.3, 0.4) is 0 Å². The van der Waals surface area contributed by atoms with Gasteiger partial charge in [0, 0.05) is 13.1 Å². The third kappa shape index (κ3) is 4.60. The maximum atomic E-state index is 13.3.